The molecule has 0 fully saturated rings. The second-order valence-electron chi connectivity index (χ2n) is 22.0. The third kappa shape index (κ3) is 61.7. The molecule has 0 spiro atoms. The van der Waals surface area contributed by atoms with E-state index in [4.69, 9.17) is 14.2 Å². The van der Waals surface area contributed by atoms with E-state index < -0.39 is 6.10 Å². The van der Waals surface area contributed by atoms with Gasteiger partial charge < -0.3 is 14.2 Å². The minimum Gasteiger partial charge on any atom is -0.462 e. The highest BCUT2D eigenvalue weighted by Crippen LogP contribution is 2.17. The Balaban J connectivity index is 4.30. The number of ether oxygens (including phenoxy) is 3. The first-order chi connectivity index (χ1) is 37.5. The number of carbonyl (C=O) groups excluding carboxylic acids is 3. The van der Waals surface area contributed by atoms with Crippen molar-refractivity contribution in [3.8, 4) is 0 Å². The van der Waals surface area contributed by atoms with Gasteiger partial charge in [-0.3, -0.25) is 14.4 Å². The molecule has 1 atom stereocenters. The maximum absolute atomic E-state index is 12.9. The Labute approximate surface area is 472 Å². The van der Waals surface area contributed by atoms with E-state index in [0.717, 1.165) is 103 Å². The number of allylic oxidation sites excluding steroid dienone is 12. The van der Waals surface area contributed by atoms with Crippen molar-refractivity contribution in [2.24, 2.45) is 0 Å². The maximum Gasteiger partial charge on any atom is 0.306 e. The van der Waals surface area contributed by atoms with Crippen LogP contribution >= 0.6 is 0 Å². The summed E-state index contributed by atoms with van der Waals surface area (Å²) < 4.78 is 16.9. The van der Waals surface area contributed by atoms with Crippen LogP contribution in [-0.2, 0) is 28.6 Å². The molecular weight excluding hydrogens is 937 g/mol. The molecule has 0 aliphatic heterocycles. The third-order valence-electron chi connectivity index (χ3n) is 14.4. The van der Waals surface area contributed by atoms with Gasteiger partial charge in [0.15, 0.2) is 6.10 Å². The standard InChI is InChI=1S/C70H124O6/c1-4-7-10-13-16-19-22-25-27-29-31-33-34-35-36-37-39-40-42-45-48-51-54-57-60-63-69(72)75-66-67(65-74-68(71)62-59-56-53-50-47-44-24-21-18-15-12-9-6-3)76-70(73)64-61-58-55-52-49-46-43-41-38-32-30-28-26-23-20-17-14-11-8-5-2/h7,10,16,19,21,24-25,27,31,33,35-36,67H,4-6,8-9,11-15,17-18,20,22-23,26,28-30,32,34,37-66H2,1-3H3/b10-7-,19-16-,24-21-,27-25-,33-31-,36-35-. The Bertz CT molecular complexity index is 1400. The van der Waals surface area contributed by atoms with E-state index in [0.29, 0.717) is 19.3 Å². The van der Waals surface area contributed by atoms with E-state index in [2.05, 4.69) is 93.7 Å². The van der Waals surface area contributed by atoms with E-state index in [-0.39, 0.29) is 31.1 Å². The van der Waals surface area contributed by atoms with E-state index in [1.54, 1.807) is 0 Å². The number of unbranched alkanes of at least 4 members (excludes halogenated alkanes) is 37. The van der Waals surface area contributed by atoms with Crippen LogP contribution in [0.4, 0.5) is 0 Å². The molecule has 1 unspecified atom stereocenters. The van der Waals surface area contributed by atoms with Gasteiger partial charge in [0.25, 0.3) is 0 Å². The minimum atomic E-state index is -0.780. The highest BCUT2D eigenvalue weighted by molar-refractivity contribution is 5.71. The van der Waals surface area contributed by atoms with Gasteiger partial charge in [0.2, 0.25) is 0 Å². The summed E-state index contributed by atoms with van der Waals surface area (Å²) in [6.45, 7) is 6.55. The Morgan fingerprint density at radius 2 is 0.513 bits per heavy atom. The van der Waals surface area contributed by atoms with Crippen LogP contribution in [-0.4, -0.2) is 37.2 Å². The summed E-state index contributed by atoms with van der Waals surface area (Å²) in [7, 11) is 0. The first kappa shape index (κ1) is 72.8. The van der Waals surface area contributed by atoms with Crippen molar-refractivity contribution < 1.29 is 28.6 Å². The molecule has 0 aliphatic carbocycles. The van der Waals surface area contributed by atoms with Crippen molar-refractivity contribution in [1.82, 2.24) is 0 Å². The smallest absolute Gasteiger partial charge is 0.306 e. The van der Waals surface area contributed by atoms with Crippen molar-refractivity contribution >= 4 is 17.9 Å². The average Bonchev–Trinajstić information content (AvgIpc) is 3.42. The summed E-state index contributed by atoms with van der Waals surface area (Å²) in [5.41, 5.74) is 0. The summed E-state index contributed by atoms with van der Waals surface area (Å²) in [6, 6.07) is 0. The molecule has 0 bridgehead atoms. The molecule has 0 radical (unpaired) electrons. The lowest BCUT2D eigenvalue weighted by molar-refractivity contribution is -0.167. The Kier molecular flexibility index (Phi) is 61.7. The van der Waals surface area contributed by atoms with E-state index in [9.17, 15) is 14.4 Å². The predicted molar refractivity (Wildman–Crippen MR) is 330 cm³/mol. The lowest BCUT2D eigenvalue weighted by Crippen LogP contribution is -2.30. The molecular formula is C70H124O6. The molecule has 0 saturated heterocycles. The zero-order valence-electron chi connectivity index (χ0n) is 50.5. The topological polar surface area (TPSA) is 78.9 Å². The monoisotopic (exact) mass is 1060 g/mol. The third-order valence-corrected chi connectivity index (χ3v) is 14.4. The van der Waals surface area contributed by atoms with Gasteiger partial charge in [0.1, 0.15) is 13.2 Å². The molecule has 0 aromatic rings. The first-order valence-corrected chi connectivity index (χ1v) is 32.9. The fraction of sp³-hybridized carbons (Fsp3) is 0.786. The van der Waals surface area contributed by atoms with Crippen molar-refractivity contribution in [3.63, 3.8) is 0 Å². The van der Waals surface area contributed by atoms with Gasteiger partial charge in [-0.2, -0.15) is 0 Å². The van der Waals surface area contributed by atoms with Gasteiger partial charge in [-0.25, -0.2) is 0 Å². The van der Waals surface area contributed by atoms with Crippen LogP contribution in [0.5, 0.6) is 0 Å². The largest absolute Gasteiger partial charge is 0.462 e. The van der Waals surface area contributed by atoms with Crippen LogP contribution in [0, 0.1) is 0 Å². The fourth-order valence-electron chi connectivity index (χ4n) is 9.53. The molecule has 6 nitrogen and oxygen atoms in total. The number of rotatable bonds is 60. The molecule has 0 amide bonds. The molecule has 0 saturated carbocycles. The summed E-state index contributed by atoms with van der Waals surface area (Å²) in [4.78, 5) is 38.3. The van der Waals surface area contributed by atoms with Gasteiger partial charge in [-0.05, 0) is 89.9 Å². The highest BCUT2D eigenvalue weighted by atomic mass is 16.6. The van der Waals surface area contributed by atoms with Crippen molar-refractivity contribution in [1.29, 1.82) is 0 Å². The van der Waals surface area contributed by atoms with E-state index in [1.807, 2.05) is 0 Å². The van der Waals surface area contributed by atoms with Gasteiger partial charge in [-0.1, -0.05) is 299 Å². The van der Waals surface area contributed by atoms with E-state index in [1.165, 1.54) is 193 Å². The second kappa shape index (κ2) is 64.4. The molecule has 0 N–H and O–H groups in total. The van der Waals surface area contributed by atoms with Crippen LogP contribution in [0.3, 0.4) is 0 Å². The number of hydrogen-bond acceptors (Lipinski definition) is 6. The Morgan fingerprint density at radius 3 is 0.829 bits per heavy atom. The van der Waals surface area contributed by atoms with Crippen molar-refractivity contribution in [2.45, 2.75) is 341 Å². The zero-order chi connectivity index (χ0) is 55.0. The lowest BCUT2D eigenvalue weighted by Gasteiger charge is -2.18. The number of carbonyl (C=O) groups is 3. The average molecular weight is 1060 g/mol. The van der Waals surface area contributed by atoms with Crippen LogP contribution in [0.2, 0.25) is 0 Å². The molecule has 6 heteroatoms. The molecule has 0 rings (SSSR count). The SMILES string of the molecule is CC/C=C\C/C=C\C/C=C\C/C=C\C/C=C\CCCCCCCCCCCC(=O)OCC(COC(=O)CCCCCCC/C=C\CCCCCC)OC(=O)CCCCCCCCCCCCCCCCCCCCCC. The van der Waals surface area contributed by atoms with Crippen molar-refractivity contribution in [3.05, 3.63) is 72.9 Å². The molecule has 0 aromatic heterocycles. The van der Waals surface area contributed by atoms with Crippen molar-refractivity contribution in [2.75, 3.05) is 13.2 Å². The van der Waals surface area contributed by atoms with E-state index >= 15 is 0 Å². The fourth-order valence-corrected chi connectivity index (χ4v) is 9.53. The normalized spacial score (nSPS) is 12.5. The first-order valence-electron chi connectivity index (χ1n) is 32.9. The summed E-state index contributed by atoms with van der Waals surface area (Å²) in [5, 5.41) is 0. The quantitative estimate of drug-likeness (QED) is 0.0261. The Hall–Kier alpha value is -3.15. The molecule has 440 valence electrons. The van der Waals surface area contributed by atoms with Gasteiger partial charge in [0, 0.05) is 19.3 Å². The zero-order valence-corrected chi connectivity index (χ0v) is 50.5. The Morgan fingerprint density at radius 1 is 0.276 bits per heavy atom. The summed E-state index contributed by atoms with van der Waals surface area (Å²) in [6.07, 6.45) is 83.4. The lowest BCUT2D eigenvalue weighted by atomic mass is 10.0. The van der Waals surface area contributed by atoms with Crippen LogP contribution < -0.4 is 0 Å². The molecule has 0 aromatic carbocycles. The minimum absolute atomic E-state index is 0.0780. The predicted octanol–water partition coefficient (Wildman–Crippen LogP) is 22.5. The highest BCUT2D eigenvalue weighted by Gasteiger charge is 2.19. The number of esters is 3. The molecule has 0 aliphatic rings. The second-order valence-corrected chi connectivity index (χ2v) is 22.0. The number of hydrogen-bond donors (Lipinski definition) is 0. The maximum atomic E-state index is 12.9. The van der Waals surface area contributed by atoms with Gasteiger partial charge in [-0.15, -0.1) is 0 Å². The molecule has 76 heavy (non-hydrogen) atoms. The van der Waals surface area contributed by atoms with Crippen LogP contribution in [0.25, 0.3) is 0 Å². The van der Waals surface area contributed by atoms with Crippen LogP contribution in [0.15, 0.2) is 72.9 Å². The van der Waals surface area contributed by atoms with Gasteiger partial charge >= 0.3 is 17.9 Å². The van der Waals surface area contributed by atoms with Crippen LogP contribution in [0.1, 0.15) is 335 Å². The van der Waals surface area contributed by atoms with Gasteiger partial charge in [0.05, 0.1) is 0 Å². The molecule has 0 heterocycles. The summed E-state index contributed by atoms with van der Waals surface area (Å²) >= 11 is 0. The summed E-state index contributed by atoms with van der Waals surface area (Å²) in [5.74, 6) is -0.874.